The average Bonchev–Trinajstić information content (AvgIpc) is 3.23. The molecule has 5 heteroatoms. The highest BCUT2D eigenvalue weighted by Gasteiger charge is 2.17. The molecule has 1 N–H and O–H groups in total. The van der Waals surface area contributed by atoms with Gasteiger partial charge in [0.05, 0.1) is 5.69 Å². The molecule has 1 amide bonds. The lowest BCUT2D eigenvalue weighted by molar-refractivity contribution is 0.0943. The van der Waals surface area contributed by atoms with Gasteiger partial charge in [-0.05, 0) is 62.8 Å². The number of carbonyl (C=O) groups excluding carboxylic acids is 1. The first-order chi connectivity index (χ1) is 12.5. The van der Waals surface area contributed by atoms with Crippen LogP contribution in [0, 0.1) is 20.8 Å². The van der Waals surface area contributed by atoms with Gasteiger partial charge in [-0.25, -0.2) is 0 Å². The van der Waals surface area contributed by atoms with E-state index in [-0.39, 0.29) is 5.91 Å². The summed E-state index contributed by atoms with van der Waals surface area (Å²) in [6, 6.07) is 10.4. The van der Waals surface area contributed by atoms with Crippen molar-refractivity contribution in [3.8, 4) is 11.3 Å². The van der Waals surface area contributed by atoms with Crippen LogP contribution in [0.3, 0.4) is 0 Å². The first-order valence-electron chi connectivity index (χ1n) is 8.96. The van der Waals surface area contributed by atoms with Crippen LogP contribution in [0.2, 0.25) is 0 Å². The Morgan fingerprint density at radius 2 is 1.92 bits per heavy atom. The van der Waals surface area contributed by atoms with Crippen LogP contribution in [0.5, 0.6) is 0 Å². The van der Waals surface area contributed by atoms with Gasteiger partial charge in [-0.3, -0.25) is 9.48 Å². The molecule has 0 aliphatic heterocycles. The molecule has 0 saturated heterocycles. The number of thiophene rings is 1. The van der Waals surface area contributed by atoms with Gasteiger partial charge in [-0.15, -0.1) is 11.3 Å². The summed E-state index contributed by atoms with van der Waals surface area (Å²) in [6.45, 7) is 9.60. The molecule has 0 aliphatic carbocycles. The number of benzene rings is 1. The first kappa shape index (κ1) is 18.4. The van der Waals surface area contributed by atoms with Gasteiger partial charge >= 0.3 is 0 Å². The minimum absolute atomic E-state index is 0.0652. The van der Waals surface area contributed by atoms with E-state index in [1.54, 1.807) is 16.0 Å². The molecule has 0 aliphatic rings. The van der Waals surface area contributed by atoms with Crippen LogP contribution in [0.1, 0.15) is 39.0 Å². The molecule has 0 fully saturated rings. The summed E-state index contributed by atoms with van der Waals surface area (Å²) in [5.41, 5.74) is 6.22. The van der Waals surface area contributed by atoms with E-state index in [4.69, 9.17) is 0 Å². The van der Waals surface area contributed by atoms with Crippen molar-refractivity contribution < 1.29 is 4.79 Å². The monoisotopic (exact) mass is 367 g/mol. The molecule has 0 atom stereocenters. The summed E-state index contributed by atoms with van der Waals surface area (Å²) in [5, 5.41) is 9.77. The normalized spacial score (nSPS) is 10.9. The van der Waals surface area contributed by atoms with E-state index in [0.29, 0.717) is 18.8 Å². The van der Waals surface area contributed by atoms with E-state index in [1.165, 1.54) is 21.6 Å². The second-order valence-corrected chi connectivity index (χ2v) is 7.62. The molecular formula is C21H25N3OS. The molecule has 0 unspecified atom stereocenters. The fourth-order valence-corrected chi connectivity index (χ4v) is 4.10. The van der Waals surface area contributed by atoms with E-state index < -0.39 is 0 Å². The molecule has 4 nitrogen and oxygen atoms in total. The third kappa shape index (κ3) is 3.88. The third-order valence-corrected chi connectivity index (χ3v) is 5.42. The van der Waals surface area contributed by atoms with Crippen molar-refractivity contribution in [1.82, 2.24) is 15.1 Å². The summed E-state index contributed by atoms with van der Waals surface area (Å²) >= 11 is 1.71. The molecule has 0 bridgehead atoms. The maximum Gasteiger partial charge on any atom is 0.269 e. The highest BCUT2D eigenvalue weighted by atomic mass is 32.1. The van der Waals surface area contributed by atoms with Crippen molar-refractivity contribution in [2.75, 3.05) is 6.54 Å². The third-order valence-electron chi connectivity index (χ3n) is 4.48. The Morgan fingerprint density at radius 3 is 2.54 bits per heavy atom. The molecule has 3 aromatic rings. The van der Waals surface area contributed by atoms with Crippen molar-refractivity contribution in [1.29, 1.82) is 0 Å². The van der Waals surface area contributed by atoms with Crippen LogP contribution in [0.15, 0.2) is 35.7 Å². The molecule has 3 rings (SSSR count). The van der Waals surface area contributed by atoms with E-state index >= 15 is 0 Å². The zero-order chi connectivity index (χ0) is 18.7. The zero-order valence-electron chi connectivity index (χ0n) is 15.8. The summed E-state index contributed by atoms with van der Waals surface area (Å²) in [6.07, 6.45) is 0.854. The van der Waals surface area contributed by atoms with Gasteiger partial charge in [-0.1, -0.05) is 23.8 Å². The van der Waals surface area contributed by atoms with Gasteiger partial charge < -0.3 is 5.32 Å². The maximum absolute atomic E-state index is 12.7. The molecule has 26 heavy (non-hydrogen) atoms. The summed E-state index contributed by atoms with van der Waals surface area (Å²) in [4.78, 5) is 13.9. The Kier molecular flexibility index (Phi) is 5.57. The van der Waals surface area contributed by atoms with Crippen LogP contribution in [-0.4, -0.2) is 22.2 Å². The number of amides is 1. The first-order valence-corrected chi connectivity index (χ1v) is 9.84. The largest absolute Gasteiger partial charge is 0.350 e. The van der Waals surface area contributed by atoms with Gasteiger partial charge in [0, 0.05) is 23.5 Å². The maximum atomic E-state index is 12.7. The number of hydrogen-bond acceptors (Lipinski definition) is 3. The Morgan fingerprint density at radius 1 is 1.19 bits per heavy atom. The van der Waals surface area contributed by atoms with Crippen molar-refractivity contribution >= 4 is 17.2 Å². The lowest BCUT2D eigenvalue weighted by Crippen LogP contribution is -2.27. The highest BCUT2D eigenvalue weighted by molar-refractivity contribution is 7.09. The number of nitrogens with one attached hydrogen (secondary N) is 1. The zero-order valence-corrected chi connectivity index (χ0v) is 16.6. The van der Waals surface area contributed by atoms with Gasteiger partial charge in [0.25, 0.3) is 5.91 Å². The van der Waals surface area contributed by atoms with E-state index in [2.05, 4.69) is 54.8 Å². The Balaban J connectivity index is 1.81. The van der Waals surface area contributed by atoms with E-state index in [1.807, 2.05) is 19.1 Å². The Hall–Kier alpha value is -2.40. The van der Waals surface area contributed by atoms with Crippen molar-refractivity contribution in [2.45, 2.75) is 40.7 Å². The number of nitrogens with zero attached hydrogens (tertiary/aromatic N) is 2. The molecule has 0 saturated carbocycles. The molecule has 0 radical (unpaired) electrons. The average molecular weight is 368 g/mol. The predicted octanol–water partition coefficient (Wildman–Crippen LogP) is 4.53. The van der Waals surface area contributed by atoms with E-state index in [0.717, 1.165) is 17.7 Å². The molecule has 1 aromatic carbocycles. The lowest BCUT2D eigenvalue weighted by Gasteiger charge is -2.08. The fourth-order valence-electron chi connectivity index (χ4n) is 3.39. The molecule has 136 valence electrons. The van der Waals surface area contributed by atoms with Gasteiger partial charge in [0.15, 0.2) is 0 Å². The highest BCUT2D eigenvalue weighted by Crippen LogP contribution is 2.28. The number of aryl methyl sites for hydroxylation is 4. The molecule has 2 heterocycles. The topological polar surface area (TPSA) is 46.9 Å². The van der Waals surface area contributed by atoms with E-state index in [9.17, 15) is 4.79 Å². The van der Waals surface area contributed by atoms with Crippen LogP contribution < -0.4 is 5.32 Å². The van der Waals surface area contributed by atoms with Crippen LogP contribution >= 0.6 is 11.3 Å². The van der Waals surface area contributed by atoms with Crippen molar-refractivity contribution in [3.63, 3.8) is 0 Å². The minimum atomic E-state index is -0.0652. The SMILES string of the molecule is CCn1nc(-c2c(C)cc(C)cc2C)cc1C(=O)NCCc1cccs1. The number of aromatic nitrogens is 2. The second-order valence-electron chi connectivity index (χ2n) is 6.59. The number of rotatable bonds is 6. The smallest absolute Gasteiger partial charge is 0.269 e. The second kappa shape index (κ2) is 7.87. The van der Waals surface area contributed by atoms with Crippen molar-refractivity contribution in [3.05, 3.63) is 63.0 Å². The lowest BCUT2D eigenvalue weighted by atomic mass is 9.97. The molecule has 2 aromatic heterocycles. The molecular weight excluding hydrogens is 342 g/mol. The summed E-state index contributed by atoms with van der Waals surface area (Å²) in [7, 11) is 0. The molecule has 0 spiro atoms. The van der Waals surface area contributed by atoms with Crippen LogP contribution in [0.25, 0.3) is 11.3 Å². The van der Waals surface area contributed by atoms with Gasteiger partial charge in [-0.2, -0.15) is 5.10 Å². The Labute approximate surface area is 158 Å². The van der Waals surface area contributed by atoms with Crippen LogP contribution in [-0.2, 0) is 13.0 Å². The van der Waals surface area contributed by atoms with Gasteiger partial charge in [0.2, 0.25) is 0 Å². The fraction of sp³-hybridized carbons (Fsp3) is 0.333. The number of hydrogen-bond donors (Lipinski definition) is 1. The Bertz CT molecular complexity index is 886. The summed E-state index contributed by atoms with van der Waals surface area (Å²) in [5.74, 6) is -0.0652. The number of carbonyl (C=O) groups is 1. The standard InChI is InChI=1S/C21H25N3OS/c1-5-24-19(21(25)22-9-8-17-7-6-10-26-17)13-18(23-24)20-15(3)11-14(2)12-16(20)4/h6-7,10-13H,5,8-9H2,1-4H3,(H,22,25). The van der Waals surface area contributed by atoms with Crippen molar-refractivity contribution in [2.24, 2.45) is 0 Å². The summed E-state index contributed by atoms with van der Waals surface area (Å²) < 4.78 is 1.79. The van der Waals surface area contributed by atoms with Crippen LogP contribution in [0.4, 0.5) is 0 Å². The minimum Gasteiger partial charge on any atom is -0.350 e. The predicted molar refractivity (Wildman–Crippen MR) is 108 cm³/mol. The van der Waals surface area contributed by atoms with Gasteiger partial charge in [0.1, 0.15) is 5.69 Å². The quantitative estimate of drug-likeness (QED) is 0.696.